The lowest BCUT2D eigenvalue weighted by molar-refractivity contribution is 0.449. The van der Waals surface area contributed by atoms with Crippen LogP contribution in [0.5, 0.6) is 11.5 Å². The predicted octanol–water partition coefficient (Wildman–Crippen LogP) is 2.91. The Labute approximate surface area is 115 Å². The first-order valence-electron chi connectivity index (χ1n) is 6.18. The molecule has 0 aromatic heterocycles. The summed E-state index contributed by atoms with van der Waals surface area (Å²) >= 11 is 0. The van der Waals surface area contributed by atoms with Crippen molar-refractivity contribution in [3.05, 3.63) is 86.0 Å². The van der Waals surface area contributed by atoms with Crippen molar-refractivity contribution in [3.8, 4) is 11.5 Å². The maximum absolute atomic E-state index is 10.4. The normalized spacial score (nSPS) is 21.3. The van der Waals surface area contributed by atoms with Crippen molar-refractivity contribution >= 4 is 0 Å². The fraction of sp³-hybridized carbons (Fsp3) is 0.0588. The molecular weight excluding hydrogens is 236 g/mol. The molecule has 3 rings (SSSR count). The van der Waals surface area contributed by atoms with E-state index in [1.807, 2.05) is 51.4 Å². The van der Waals surface area contributed by atoms with Gasteiger partial charge in [0.2, 0.25) is 0 Å². The maximum Gasteiger partial charge on any atom is 0.122 e. The molecule has 0 spiro atoms. The van der Waals surface area contributed by atoms with Crippen LogP contribution in [-0.2, 0) is 0 Å². The highest BCUT2D eigenvalue weighted by Gasteiger charge is 2.32. The van der Waals surface area contributed by atoms with Gasteiger partial charge in [0, 0.05) is 23.0 Å². The van der Waals surface area contributed by atoms with Crippen molar-refractivity contribution in [2.24, 2.45) is 0 Å². The van der Waals surface area contributed by atoms with Crippen LogP contribution >= 0.6 is 0 Å². The second-order valence-electron chi connectivity index (χ2n) is 4.66. The van der Waals surface area contributed by atoms with E-state index in [1.165, 1.54) is 0 Å². The molecule has 0 atom stereocenters. The molecule has 19 heavy (non-hydrogen) atoms. The molecule has 2 N–H and O–H groups in total. The van der Waals surface area contributed by atoms with Gasteiger partial charge in [-0.1, -0.05) is 0 Å². The SMILES string of the molecule is Cc1cc(O)c([C]2[CH][CH][CH][CH]2)c([C]2[CH][CH][CH][CH]2)c1O. The molecule has 0 aliphatic heterocycles. The summed E-state index contributed by atoms with van der Waals surface area (Å²) in [5.41, 5.74) is 2.04. The van der Waals surface area contributed by atoms with Gasteiger partial charge in [-0.05, 0) is 69.9 Å². The zero-order valence-electron chi connectivity index (χ0n) is 10.6. The first-order valence-corrected chi connectivity index (χ1v) is 6.18. The fourth-order valence-corrected chi connectivity index (χ4v) is 2.44. The molecule has 2 aliphatic carbocycles. The lowest BCUT2D eigenvalue weighted by Crippen LogP contribution is -2.07. The molecule has 2 heteroatoms. The highest BCUT2D eigenvalue weighted by molar-refractivity contribution is 5.70. The summed E-state index contributed by atoms with van der Waals surface area (Å²) in [7, 11) is 0. The van der Waals surface area contributed by atoms with Crippen molar-refractivity contribution in [2.75, 3.05) is 0 Å². The Bertz CT molecular complexity index is 467. The highest BCUT2D eigenvalue weighted by atomic mass is 16.3. The van der Waals surface area contributed by atoms with E-state index in [1.54, 1.807) is 13.0 Å². The van der Waals surface area contributed by atoms with Gasteiger partial charge in [0.1, 0.15) is 11.5 Å². The third-order valence-electron chi connectivity index (χ3n) is 3.37. The number of aromatic hydroxyl groups is 2. The van der Waals surface area contributed by atoms with Gasteiger partial charge >= 0.3 is 0 Å². The van der Waals surface area contributed by atoms with Gasteiger partial charge in [-0.3, -0.25) is 0 Å². The smallest absolute Gasteiger partial charge is 0.122 e. The van der Waals surface area contributed by atoms with E-state index in [2.05, 4.69) is 0 Å². The van der Waals surface area contributed by atoms with Gasteiger partial charge < -0.3 is 10.2 Å². The molecule has 2 fully saturated rings. The van der Waals surface area contributed by atoms with E-state index in [4.69, 9.17) is 0 Å². The third-order valence-corrected chi connectivity index (χ3v) is 3.37. The minimum Gasteiger partial charge on any atom is -0.508 e. The summed E-state index contributed by atoms with van der Waals surface area (Å²) < 4.78 is 0. The minimum atomic E-state index is 0.192. The Morgan fingerprint density at radius 3 is 1.74 bits per heavy atom. The Balaban J connectivity index is 2.11. The molecular formula is C17H14O2. The van der Waals surface area contributed by atoms with Gasteiger partial charge in [-0.25, -0.2) is 0 Å². The standard InChI is InChI=1S/C17H14O2/c1-11-10-14(18)15(12-6-2-3-7-12)16(17(11)19)13-8-4-5-9-13/h2-10,18-19H,1H3. The van der Waals surface area contributed by atoms with Crippen molar-refractivity contribution < 1.29 is 10.2 Å². The Morgan fingerprint density at radius 1 is 0.737 bits per heavy atom. The van der Waals surface area contributed by atoms with Gasteiger partial charge in [-0.2, -0.15) is 0 Å². The molecule has 0 bridgehead atoms. The Hall–Kier alpha value is -1.18. The Morgan fingerprint density at radius 2 is 1.21 bits per heavy atom. The summed E-state index contributed by atoms with van der Waals surface area (Å²) in [4.78, 5) is 0. The van der Waals surface area contributed by atoms with Crippen LogP contribution in [0, 0.1) is 70.1 Å². The molecule has 0 amide bonds. The second-order valence-corrected chi connectivity index (χ2v) is 4.66. The van der Waals surface area contributed by atoms with Crippen LogP contribution in [0.1, 0.15) is 16.7 Å². The van der Waals surface area contributed by atoms with E-state index in [-0.39, 0.29) is 11.5 Å². The van der Waals surface area contributed by atoms with Crippen molar-refractivity contribution in [1.29, 1.82) is 0 Å². The maximum atomic E-state index is 10.4. The molecule has 2 nitrogen and oxygen atoms in total. The molecule has 10 radical (unpaired) electrons. The number of phenols is 2. The average Bonchev–Trinajstić information content (AvgIpc) is 3.05. The average molecular weight is 250 g/mol. The quantitative estimate of drug-likeness (QED) is 0.792. The predicted molar refractivity (Wildman–Crippen MR) is 73.6 cm³/mol. The Kier molecular flexibility index (Phi) is 3.42. The summed E-state index contributed by atoms with van der Waals surface area (Å²) in [6, 6.07) is 1.60. The number of benzene rings is 1. The van der Waals surface area contributed by atoms with Gasteiger partial charge in [0.15, 0.2) is 0 Å². The van der Waals surface area contributed by atoms with Crippen LogP contribution in [0.4, 0.5) is 0 Å². The van der Waals surface area contributed by atoms with Crippen molar-refractivity contribution in [2.45, 2.75) is 6.92 Å². The first-order chi connectivity index (χ1) is 9.18. The molecule has 1 aromatic carbocycles. The van der Waals surface area contributed by atoms with Crippen LogP contribution in [-0.4, -0.2) is 10.2 Å². The monoisotopic (exact) mass is 250 g/mol. The number of aryl methyl sites for hydroxylation is 1. The minimum absolute atomic E-state index is 0.192. The molecule has 1 aromatic rings. The molecule has 0 saturated heterocycles. The lowest BCUT2D eigenvalue weighted by atomic mass is 9.83. The molecule has 2 saturated carbocycles. The van der Waals surface area contributed by atoms with Crippen LogP contribution in [0.2, 0.25) is 0 Å². The molecule has 2 aliphatic rings. The number of rotatable bonds is 2. The number of hydrogen-bond acceptors (Lipinski definition) is 2. The van der Waals surface area contributed by atoms with Crippen LogP contribution in [0.3, 0.4) is 0 Å². The fourth-order valence-electron chi connectivity index (χ4n) is 2.44. The van der Waals surface area contributed by atoms with E-state index in [0.717, 1.165) is 11.8 Å². The van der Waals surface area contributed by atoms with Gasteiger partial charge in [-0.15, -0.1) is 0 Å². The van der Waals surface area contributed by atoms with E-state index in [9.17, 15) is 10.2 Å². The zero-order valence-corrected chi connectivity index (χ0v) is 10.6. The lowest BCUT2D eigenvalue weighted by Gasteiger charge is -2.22. The zero-order chi connectivity index (χ0) is 13.4. The van der Waals surface area contributed by atoms with Crippen molar-refractivity contribution in [3.63, 3.8) is 0 Å². The molecule has 0 heterocycles. The summed E-state index contributed by atoms with van der Waals surface area (Å²) in [6.07, 6.45) is 15.4. The van der Waals surface area contributed by atoms with E-state index >= 15 is 0 Å². The first kappa shape index (κ1) is 12.8. The summed E-state index contributed by atoms with van der Waals surface area (Å²) in [5, 5.41) is 20.6. The summed E-state index contributed by atoms with van der Waals surface area (Å²) in [6.45, 7) is 1.79. The molecule has 94 valence electrons. The van der Waals surface area contributed by atoms with Gasteiger partial charge in [0.25, 0.3) is 0 Å². The van der Waals surface area contributed by atoms with E-state index < -0.39 is 0 Å². The number of phenolic OH excluding ortho intramolecular Hbond substituents is 2. The highest BCUT2D eigenvalue weighted by Crippen LogP contribution is 2.47. The summed E-state index contributed by atoms with van der Waals surface area (Å²) in [5.74, 6) is 2.23. The third kappa shape index (κ3) is 2.22. The molecule has 0 unspecified atom stereocenters. The topological polar surface area (TPSA) is 40.5 Å². The van der Waals surface area contributed by atoms with Gasteiger partial charge in [0.05, 0.1) is 0 Å². The second kappa shape index (κ2) is 5.07. The van der Waals surface area contributed by atoms with Crippen LogP contribution in [0.15, 0.2) is 6.07 Å². The van der Waals surface area contributed by atoms with Crippen molar-refractivity contribution in [1.82, 2.24) is 0 Å². The van der Waals surface area contributed by atoms with E-state index in [0.29, 0.717) is 16.7 Å². The number of hydrogen-bond donors (Lipinski definition) is 2. The van der Waals surface area contributed by atoms with Crippen LogP contribution in [0.25, 0.3) is 0 Å². The largest absolute Gasteiger partial charge is 0.508 e. The van der Waals surface area contributed by atoms with Crippen LogP contribution < -0.4 is 0 Å².